The van der Waals surface area contributed by atoms with Crippen molar-refractivity contribution in [2.75, 3.05) is 7.11 Å². The van der Waals surface area contributed by atoms with E-state index in [1.807, 2.05) is 24.3 Å². The number of aromatic nitrogens is 1. The van der Waals surface area contributed by atoms with Gasteiger partial charge >= 0.3 is 0 Å². The topological polar surface area (TPSA) is 48.1 Å². The SMILES string of the molecule is COc1cccnc1C(N)c1cccc(Br)c1Cl. The molecular weight excluding hydrogens is 316 g/mol. The molecule has 1 heterocycles. The average Bonchev–Trinajstić information content (AvgIpc) is 2.41. The van der Waals surface area contributed by atoms with Gasteiger partial charge in [0.15, 0.2) is 0 Å². The third-order valence-corrected chi connectivity index (χ3v) is 3.94. The second-order valence-corrected chi connectivity index (χ2v) is 4.94. The maximum absolute atomic E-state index is 6.24. The van der Waals surface area contributed by atoms with Crippen molar-refractivity contribution in [3.05, 3.63) is 57.3 Å². The zero-order valence-corrected chi connectivity index (χ0v) is 12.1. The van der Waals surface area contributed by atoms with E-state index < -0.39 is 6.04 Å². The Kier molecular flexibility index (Phi) is 4.22. The first kappa shape index (κ1) is 13.3. The van der Waals surface area contributed by atoms with E-state index in [-0.39, 0.29) is 0 Å². The van der Waals surface area contributed by atoms with Crippen LogP contribution in [-0.2, 0) is 0 Å². The molecule has 0 radical (unpaired) electrons. The van der Waals surface area contributed by atoms with Gasteiger partial charge in [-0.15, -0.1) is 0 Å². The number of hydrogen-bond donors (Lipinski definition) is 1. The molecule has 0 aliphatic carbocycles. The van der Waals surface area contributed by atoms with E-state index in [0.29, 0.717) is 16.5 Å². The van der Waals surface area contributed by atoms with Crippen molar-refractivity contribution in [3.63, 3.8) is 0 Å². The monoisotopic (exact) mass is 326 g/mol. The normalized spacial score (nSPS) is 12.2. The second kappa shape index (κ2) is 5.69. The summed E-state index contributed by atoms with van der Waals surface area (Å²) in [4.78, 5) is 4.27. The molecule has 2 aromatic rings. The van der Waals surface area contributed by atoms with Gasteiger partial charge in [-0.1, -0.05) is 23.7 Å². The molecule has 0 aliphatic heterocycles. The quantitative estimate of drug-likeness (QED) is 0.938. The largest absolute Gasteiger partial charge is 0.495 e. The number of methoxy groups -OCH3 is 1. The third-order valence-electron chi connectivity index (χ3n) is 2.63. The van der Waals surface area contributed by atoms with Gasteiger partial charge in [-0.25, -0.2) is 0 Å². The van der Waals surface area contributed by atoms with Crippen molar-refractivity contribution in [2.24, 2.45) is 5.73 Å². The number of nitrogens with zero attached hydrogens (tertiary/aromatic N) is 1. The van der Waals surface area contributed by atoms with E-state index in [1.54, 1.807) is 19.4 Å². The van der Waals surface area contributed by atoms with Crippen molar-refractivity contribution in [1.29, 1.82) is 0 Å². The van der Waals surface area contributed by atoms with Gasteiger partial charge in [0.2, 0.25) is 0 Å². The minimum Gasteiger partial charge on any atom is -0.495 e. The van der Waals surface area contributed by atoms with Crippen molar-refractivity contribution in [3.8, 4) is 5.75 Å². The van der Waals surface area contributed by atoms with E-state index in [1.165, 1.54) is 0 Å². The smallest absolute Gasteiger partial charge is 0.142 e. The molecule has 0 bridgehead atoms. The molecule has 0 spiro atoms. The standard InChI is InChI=1S/C13H12BrClN2O/c1-18-10-6-3-7-17-13(10)12(16)8-4-2-5-9(14)11(8)15/h2-7,12H,16H2,1H3. The van der Waals surface area contributed by atoms with Gasteiger partial charge in [-0.05, 0) is 39.7 Å². The molecule has 0 amide bonds. The molecule has 1 atom stereocenters. The third kappa shape index (κ3) is 2.51. The Bertz CT molecular complexity index is 562. The van der Waals surface area contributed by atoms with Crippen LogP contribution in [0, 0.1) is 0 Å². The molecule has 94 valence electrons. The highest BCUT2D eigenvalue weighted by Gasteiger charge is 2.18. The number of ether oxygens (including phenoxy) is 1. The average molecular weight is 328 g/mol. The molecule has 0 saturated heterocycles. The molecule has 0 fully saturated rings. The Morgan fingerprint density at radius 2 is 2.11 bits per heavy atom. The van der Waals surface area contributed by atoms with E-state index >= 15 is 0 Å². The Morgan fingerprint density at radius 1 is 1.33 bits per heavy atom. The Morgan fingerprint density at radius 3 is 2.83 bits per heavy atom. The van der Waals surface area contributed by atoms with Crippen LogP contribution in [0.15, 0.2) is 41.0 Å². The lowest BCUT2D eigenvalue weighted by Gasteiger charge is -2.16. The van der Waals surface area contributed by atoms with Crippen LogP contribution in [0.5, 0.6) is 5.75 Å². The fourth-order valence-corrected chi connectivity index (χ4v) is 2.34. The summed E-state index contributed by atoms with van der Waals surface area (Å²) in [7, 11) is 1.59. The molecule has 18 heavy (non-hydrogen) atoms. The molecule has 2 N–H and O–H groups in total. The van der Waals surface area contributed by atoms with Crippen LogP contribution in [0.4, 0.5) is 0 Å². The van der Waals surface area contributed by atoms with Crippen LogP contribution < -0.4 is 10.5 Å². The molecule has 1 aromatic heterocycles. The van der Waals surface area contributed by atoms with E-state index in [2.05, 4.69) is 20.9 Å². The number of pyridine rings is 1. The van der Waals surface area contributed by atoms with Gasteiger partial charge in [0.25, 0.3) is 0 Å². The summed E-state index contributed by atoms with van der Waals surface area (Å²) in [5.41, 5.74) is 7.69. The van der Waals surface area contributed by atoms with Gasteiger partial charge in [-0.3, -0.25) is 4.98 Å². The fraction of sp³-hybridized carbons (Fsp3) is 0.154. The minimum absolute atomic E-state index is 0.425. The van der Waals surface area contributed by atoms with Gasteiger partial charge < -0.3 is 10.5 Å². The molecule has 0 aliphatic rings. The van der Waals surface area contributed by atoms with Crippen LogP contribution >= 0.6 is 27.5 Å². The van der Waals surface area contributed by atoms with E-state index in [4.69, 9.17) is 22.1 Å². The highest BCUT2D eigenvalue weighted by atomic mass is 79.9. The zero-order chi connectivity index (χ0) is 13.1. The first-order chi connectivity index (χ1) is 8.65. The number of nitrogens with two attached hydrogens (primary N) is 1. The van der Waals surface area contributed by atoms with E-state index in [9.17, 15) is 0 Å². The highest BCUT2D eigenvalue weighted by Crippen LogP contribution is 2.34. The molecule has 3 nitrogen and oxygen atoms in total. The first-order valence-electron chi connectivity index (χ1n) is 5.33. The van der Waals surface area contributed by atoms with E-state index in [0.717, 1.165) is 10.0 Å². The number of rotatable bonds is 3. The van der Waals surface area contributed by atoms with Crippen molar-refractivity contribution < 1.29 is 4.74 Å². The van der Waals surface area contributed by atoms with Gasteiger partial charge in [0.05, 0.1) is 18.2 Å². The van der Waals surface area contributed by atoms with Crippen molar-refractivity contribution >= 4 is 27.5 Å². The van der Waals surface area contributed by atoms with Crippen LogP contribution in [-0.4, -0.2) is 12.1 Å². The second-order valence-electron chi connectivity index (χ2n) is 3.71. The molecule has 1 aromatic carbocycles. The summed E-state index contributed by atoms with van der Waals surface area (Å²) in [6.07, 6.45) is 1.68. The van der Waals surface area contributed by atoms with Gasteiger partial charge in [0.1, 0.15) is 11.4 Å². The number of halogens is 2. The summed E-state index contributed by atoms with van der Waals surface area (Å²) >= 11 is 9.62. The molecule has 0 saturated carbocycles. The molecule has 5 heteroatoms. The summed E-state index contributed by atoms with van der Waals surface area (Å²) in [6.45, 7) is 0. The summed E-state index contributed by atoms with van der Waals surface area (Å²) in [5, 5.41) is 0.595. The predicted octanol–water partition coefficient (Wildman–Crippen LogP) is 3.55. The Hall–Kier alpha value is -1.10. The van der Waals surface area contributed by atoms with Gasteiger partial charge in [-0.2, -0.15) is 0 Å². The fourth-order valence-electron chi connectivity index (χ4n) is 1.72. The summed E-state index contributed by atoms with van der Waals surface area (Å²) < 4.78 is 6.07. The maximum atomic E-state index is 6.24. The first-order valence-corrected chi connectivity index (χ1v) is 6.50. The predicted molar refractivity (Wildman–Crippen MR) is 76.0 cm³/mol. The lowest BCUT2D eigenvalue weighted by atomic mass is 10.0. The highest BCUT2D eigenvalue weighted by molar-refractivity contribution is 9.10. The number of hydrogen-bond acceptors (Lipinski definition) is 3. The van der Waals surface area contributed by atoms with Crippen LogP contribution in [0.3, 0.4) is 0 Å². The van der Waals surface area contributed by atoms with Crippen molar-refractivity contribution in [2.45, 2.75) is 6.04 Å². The van der Waals surface area contributed by atoms with Crippen LogP contribution in [0.25, 0.3) is 0 Å². The molecule has 1 unspecified atom stereocenters. The minimum atomic E-state index is -0.425. The van der Waals surface area contributed by atoms with Crippen LogP contribution in [0.2, 0.25) is 5.02 Å². The maximum Gasteiger partial charge on any atom is 0.142 e. The van der Waals surface area contributed by atoms with Gasteiger partial charge in [0, 0.05) is 10.7 Å². The Labute approximate surface area is 119 Å². The van der Waals surface area contributed by atoms with Crippen molar-refractivity contribution in [1.82, 2.24) is 4.98 Å². The molecular formula is C13H12BrClN2O. The molecule has 2 rings (SSSR count). The Balaban J connectivity index is 2.48. The van der Waals surface area contributed by atoms with Crippen LogP contribution in [0.1, 0.15) is 17.3 Å². The summed E-state index contributed by atoms with van der Waals surface area (Å²) in [5.74, 6) is 0.654. The summed E-state index contributed by atoms with van der Waals surface area (Å²) in [6, 6.07) is 8.85. The lowest BCUT2D eigenvalue weighted by molar-refractivity contribution is 0.404. The lowest BCUT2D eigenvalue weighted by Crippen LogP contribution is -2.15. The zero-order valence-electron chi connectivity index (χ0n) is 9.73. The number of benzene rings is 1.